The first-order valence-corrected chi connectivity index (χ1v) is 11.4. The molecule has 4 amide bonds. The molecule has 2 fully saturated rings. The third-order valence-electron chi connectivity index (χ3n) is 6.32. The highest BCUT2D eigenvalue weighted by Crippen LogP contribution is 2.40. The molecule has 0 atom stereocenters. The van der Waals surface area contributed by atoms with Gasteiger partial charge in [-0.2, -0.15) is 0 Å². The molecule has 0 aromatic heterocycles. The predicted molar refractivity (Wildman–Crippen MR) is 124 cm³/mol. The molecule has 2 aliphatic carbocycles. The molecule has 2 N–H and O–H groups in total. The van der Waals surface area contributed by atoms with Crippen molar-refractivity contribution in [1.82, 2.24) is 5.32 Å². The van der Waals surface area contributed by atoms with Crippen molar-refractivity contribution >= 4 is 34.9 Å². The van der Waals surface area contributed by atoms with Crippen LogP contribution in [0.3, 0.4) is 0 Å². The maximum absolute atomic E-state index is 13.6. The maximum atomic E-state index is 13.6. The molecule has 0 spiro atoms. The van der Waals surface area contributed by atoms with Gasteiger partial charge in [-0.05, 0) is 74.3 Å². The van der Waals surface area contributed by atoms with Gasteiger partial charge in [0.2, 0.25) is 0 Å². The number of carbonyl (C=O) groups is 3. The first kappa shape index (κ1) is 20.5. The Balaban J connectivity index is 1.45. The molecule has 0 radical (unpaired) electrons. The number of fused-ring (bicyclic) bond motifs is 1. The van der Waals surface area contributed by atoms with Crippen LogP contribution in [0, 0.1) is 18.8 Å². The second kappa shape index (κ2) is 8.30. The molecule has 3 aliphatic rings. The van der Waals surface area contributed by atoms with Crippen molar-refractivity contribution in [3.05, 3.63) is 54.1 Å². The second-order valence-electron chi connectivity index (χ2n) is 9.17. The molecule has 5 rings (SSSR count). The largest absolute Gasteiger partial charge is 0.320 e. The summed E-state index contributed by atoms with van der Waals surface area (Å²) in [6.45, 7) is 3.07. The van der Waals surface area contributed by atoms with E-state index in [9.17, 15) is 14.4 Å². The van der Waals surface area contributed by atoms with Gasteiger partial charge in [0.05, 0.1) is 11.4 Å². The number of anilines is 3. The van der Waals surface area contributed by atoms with E-state index in [4.69, 9.17) is 0 Å². The molecule has 2 aromatic rings. The summed E-state index contributed by atoms with van der Waals surface area (Å²) in [5.41, 5.74) is 3.12. The van der Waals surface area contributed by atoms with Crippen molar-refractivity contribution in [1.29, 1.82) is 0 Å². The lowest BCUT2D eigenvalue weighted by molar-refractivity contribution is -0.129. The zero-order valence-electron chi connectivity index (χ0n) is 18.2. The monoisotopic (exact) mass is 432 g/mol. The Kier molecular flexibility index (Phi) is 5.33. The summed E-state index contributed by atoms with van der Waals surface area (Å²) in [5.74, 6) is 0.150. The molecular weight excluding hydrogens is 404 g/mol. The number of rotatable bonds is 6. The van der Waals surface area contributed by atoms with Crippen molar-refractivity contribution in [3.63, 3.8) is 0 Å². The fourth-order valence-corrected chi connectivity index (χ4v) is 4.21. The number of benzene rings is 2. The van der Waals surface area contributed by atoms with Crippen LogP contribution in [0.5, 0.6) is 0 Å². The number of hydrogen-bond donors (Lipinski definition) is 2. The van der Waals surface area contributed by atoms with Gasteiger partial charge in [0.25, 0.3) is 11.8 Å². The molecule has 1 aliphatic heterocycles. The third-order valence-corrected chi connectivity index (χ3v) is 6.32. The van der Waals surface area contributed by atoms with E-state index in [1.165, 1.54) is 0 Å². The molecule has 0 unspecified atom stereocenters. The van der Waals surface area contributed by atoms with E-state index in [0.717, 1.165) is 42.6 Å². The van der Waals surface area contributed by atoms with Crippen LogP contribution in [0.25, 0.3) is 0 Å². The third kappa shape index (κ3) is 4.33. The van der Waals surface area contributed by atoms with Gasteiger partial charge in [-0.15, -0.1) is 0 Å². The number of amides is 4. The standard InChI is InChI=1S/C25H28N4O3/c1-16-5-4-6-19(13-16)26-25(32)27-22-23(30)28(14-17-9-10-17)20-7-2-3-8-21(20)29(24(22)31)15-18-11-12-18/h2-8,13,17-18,22H,9-12,14-15H2,1H3,(H2,26,27,32). The zero-order chi connectivity index (χ0) is 22.2. The summed E-state index contributed by atoms with van der Waals surface area (Å²) in [5, 5.41) is 5.43. The number of hydrogen-bond acceptors (Lipinski definition) is 3. The van der Waals surface area contributed by atoms with E-state index in [1.54, 1.807) is 15.9 Å². The first-order chi connectivity index (χ1) is 15.5. The SMILES string of the molecule is Cc1cccc(NC(=O)NC2C(=O)N(CC3CC3)c3ccccc3N(CC3CC3)C2=O)c1. The van der Waals surface area contributed by atoms with E-state index >= 15 is 0 Å². The Morgan fingerprint density at radius 2 is 1.44 bits per heavy atom. The van der Waals surface area contributed by atoms with Gasteiger partial charge in [0.1, 0.15) is 0 Å². The molecule has 166 valence electrons. The zero-order valence-corrected chi connectivity index (χ0v) is 18.2. The molecular formula is C25H28N4O3. The number of nitrogens with zero attached hydrogens (tertiary/aromatic N) is 2. The highest BCUT2D eigenvalue weighted by atomic mass is 16.2. The lowest BCUT2D eigenvalue weighted by Crippen LogP contribution is -2.56. The van der Waals surface area contributed by atoms with Crippen molar-refractivity contribution in [3.8, 4) is 0 Å². The van der Waals surface area contributed by atoms with Gasteiger partial charge in [-0.1, -0.05) is 24.3 Å². The predicted octanol–water partition coefficient (Wildman–Crippen LogP) is 3.68. The van der Waals surface area contributed by atoms with Crippen LogP contribution in [-0.4, -0.2) is 37.0 Å². The van der Waals surface area contributed by atoms with E-state index in [2.05, 4.69) is 10.6 Å². The van der Waals surface area contributed by atoms with Gasteiger partial charge in [0, 0.05) is 18.8 Å². The topological polar surface area (TPSA) is 81.8 Å². The van der Waals surface area contributed by atoms with Crippen LogP contribution < -0.4 is 20.4 Å². The molecule has 7 nitrogen and oxygen atoms in total. The summed E-state index contributed by atoms with van der Waals surface area (Å²) < 4.78 is 0. The second-order valence-corrected chi connectivity index (χ2v) is 9.17. The number of urea groups is 1. The average molecular weight is 433 g/mol. The van der Waals surface area contributed by atoms with Crippen molar-refractivity contribution in [2.75, 3.05) is 28.2 Å². The fraction of sp³-hybridized carbons (Fsp3) is 0.400. The van der Waals surface area contributed by atoms with Crippen LogP contribution in [0.15, 0.2) is 48.5 Å². The lowest BCUT2D eigenvalue weighted by Gasteiger charge is -2.25. The van der Waals surface area contributed by atoms with Crippen molar-refractivity contribution in [2.24, 2.45) is 11.8 Å². The minimum Gasteiger partial charge on any atom is -0.318 e. The van der Waals surface area contributed by atoms with Crippen LogP contribution in [-0.2, 0) is 9.59 Å². The Labute approximate surface area is 187 Å². The fourth-order valence-electron chi connectivity index (χ4n) is 4.21. The first-order valence-electron chi connectivity index (χ1n) is 11.4. The Hall–Kier alpha value is -3.35. The van der Waals surface area contributed by atoms with Crippen molar-refractivity contribution < 1.29 is 14.4 Å². The number of nitrogens with one attached hydrogen (secondary N) is 2. The van der Waals surface area contributed by atoms with Crippen molar-refractivity contribution in [2.45, 2.75) is 38.6 Å². The Morgan fingerprint density at radius 1 is 0.875 bits per heavy atom. The molecule has 0 bridgehead atoms. The number of carbonyl (C=O) groups excluding carboxylic acids is 3. The minimum atomic E-state index is -1.26. The summed E-state index contributed by atoms with van der Waals surface area (Å²) in [6, 6.07) is 13.2. The smallest absolute Gasteiger partial charge is 0.318 e. The van der Waals surface area contributed by atoms with Gasteiger partial charge in [-0.3, -0.25) is 9.59 Å². The van der Waals surface area contributed by atoms with E-state index in [-0.39, 0.29) is 11.8 Å². The van der Waals surface area contributed by atoms with Gasteiger partial charge in [0.15, 0.2) is 6.04 Å². The normalized spacial score (nSPS) is 18.9. The molecule has 2 aromatic carbocycles. The lowest BCUT2D eigenvalue weighted by atomic mass is 10.2. The summed E-state index contributed by atoms with van der Waals surface area (Å²) in [7, 11) is 0. The summed E-state index contributed by atoms with van der Waals surface area (Å²) in [6.07, 6.45) is 4.32. The molecule has 7 heteroatoms. The average Bonchev–Trinajstić information content (AvgIpc) is 3.69. The van der Waals surface area contributed by atoms with Crippen LogP contribution in [0.2, 0.25) is 0 Å². The van der Waals surface area contributed by atoms with Crippen LogP contribution in [0.1, 0.15) is 31.2 Å². The number of para-hydroxylation sites is 2. The van der Waals surface area contributed by atoms with Gasteiger partial charge in [-0.25, -0.2) is 4.79 Å². The highest BCUT2D eigenvalue weighted by molar-refractivity contribution is 6.21. The maximum Gasteiger partial charge on any atom is 0.320 e. The van der Waals surface area contributed by atoms with Crippen LogP contribution in [0.4, 0.5) is 21.9 Å². The van der Waals surface area contributed by atoms with E-state index < -0.39 is 12.1 Å². The number of aryl methyl sites for hydroxylation is 1. The quantitative estimate of drug-likeness (QED) is 0.683. The van der Waals surface area contributed by atoms with Gasteiger partial charge < -0.3 is 20.4 Å². The minimum absolute atomic E-state index is 0.368. The molecule has 0 saturated heterocycles. The summed E-state index contributed by atoms with van der Waals surface area (Å²) >= 11 is 0. The Bertz CT molecular complexity index is 1010. The van der Waals surface area contributed by atoms with Gasteiger partial charge >= 0.3 is 6.03 Å². The highest BCUT2D eigenvalue weighted by Gasteiger charge is 2.43. The van der Waals surface area contributed by atoms with Crippen LogP contribution >= 0.6 is 0 Å². The van der Waals surface area contributed by atoms with E-state index in [1.807, 2.05) is 49.4 Å². The molecule has 32 heavy (non-hydrogen) atoms. The van der Waals surface area contributed by atoms with E-state index in [0.29, 0.717) is 30.6 Å². The summed E-state index contributed by atoms with van der Waals surface area (Å²) in [4.78, 5) is 43.4. The molecule has 1 heterocycles. The Morgan fingerprint density at radius 3 is 1.94 bits per heavy atom. The molecule has 2 saturated carbocycles.